The molecule has 1 nitrogen and oxygen atoms in total. The largest absolute Gasteiger partial charge is 0.313 e. The van der Waals surface area contributed by atoms with Crippen molar-refractivity contribution in [2.75, 3.05) is 6.54 Å². The van der Waals surface area contributed by atoms with Gasteiger partial charge in [0.05, 0.1) is 0 Å². The van der Waals surface area contributed by atoms with E-state index in [2.05, 4.69) is 26.1 Å². The van der Waals surface area contributed by atoms with Crippen LogP contribution in [0.3, 0.4) is 0 Å². The molecule has 1 N–H and O–H groups in total. The lowest BCUT2D eigenvalue weighted by atomic mass is 9.61. The Morgan fingerprint density at radius 3 is 2.41 bits per heavy atom. The second-order valence-corrected chi connectivity index (χ2v) is 7.01. The maximum absolute atomic E-state index is 3.90. The van der Waals surface area contributed by atoms with Crippen LogP contribution in [0.5, 0.6) is 0 Å². The van der Waals surface area contributed by atoms with Crippen molar-refractivity contribution in [1.82, 2.24) is 5.32 Å². The molecule has 100 valence electrons. The Morgan fingerprint density at radius 2 is 1.88 bits per heavy atom. The highest BCUT2D eigenvalue weighted by Crippen LogP contribution is 2.46. The van der Waals surface area contributed by atoms with E-state index in [4.69, 9.17) is 0 Å². The fourth-order valence-electron chi connectivity index (χ4n) is 3.93. The van der Waals surface area contributed by atoms with Crippen LogP contribution in [-0.2, 0) is 0 Å². The van der Waals surface area contributed by atoms with Crippen LogP contribution in [0.15, 0.2) is 0 Å². The fourth-order valence-corrected chi connectivity index (χ4v) is 3.93. The Morgan fingerprint density at radius 1 is 1.12 bits per heavy atom. The van der Waals surface area contributed by atoms with Gasteiger partial charge in [-0.05, 0) is 55.9 Å². The molecule has 1 heteroatoms. The minimum atomic E-state index is 0.569. The van der Waals surface area contributed by atoms with E-state index in [-0.39, 0.29) is 0 Å². The van der Waals surface area contributed by atoms with Crippen LogP contribution in [-0.4, -0.2) is 12.6 Å². The molecule has 2 rings (SSSR count). The predicted octanol–water partition coefficient (Wildman–Crippen LogP) is 4.37. The van der Waals surface area contributed by atoms with Gasteiger partial charge < -0.3 is 5.32 Å². The minimum Gasteiger partial charge on any atom is -0.313 e. The molecule has 0 amide bonds. The highest BCUT2D eigenvalue weighted by Gasteiger charge is 2.41. The minimum absolute atomic E-state index is 0.569. The van der Waals surface area contributed by atoms with Crippen molar-refractivity contribution in [3.63, 3.8) is 0 Å². The second-order valence-electron chi connectivity index (χ2n) is 7.01. The molecule has 0 spiro atoms. The van der Waals surface area contributed by atoms with Gasteiger partial charge in [-0.3, -0.25) is 0 Å². The van der Waals surface area contributed by atoms with Gasteiger partial charge in [0.2, 0.25) is 0 Å². The van der Waals surface area contributed by atoms with E-state index in [1.807, 2.05) is 0 Å². The standard InChI is InChI=1S/C16H31N/c1-4-12-17-15(13-8-7-9-13)14-10-5-6-11-16(14,2)3/h13-15,17H,4-12H2,1-3H3. The summed E-state index contributed by atoms with van der Waals surface area (Å²) in [7, 11) is 0. The highest BCUT2D eigenvalue weighted by molar-refractivity contribution is 4.95. The van der Waals surface area contributed by atoms with Gasteiger partial charge in [-0.2, -0.15) is 0 Å². The first kappa shape index (κ1) is 13.4. The second kappa shape index (κ2) is 5.73. The van der Waals surface area contributed by atoms with Crippen molar-refractivity contribution in [3.8, 4) is 0 Å². The average Bonchev–Trinajstić information content (AvgIpc) is 2.21. The quantitative estimate of drug-likeness (QED) is 0.748. The molecule has 0 aromatic heterocycles. The molecule has 2 aliphatic rings. The van der Waals surface area contributed by atoms with Gasteiger partial charge in [0.1, 0.15) is 0 Å². The molecule has 2 unspecified atom stereocenters. The van der Waals surface area contributed by atoms with Crippen molar-refractivity contribution in [3.05, 3.63) is 0 Å². The van der Waals surface area contributed by atoms with Gasteiger partial charge in [0.25, 0.3) is 0 Å². The summed E-state index contributed by atoms with van der Waals surface area (Å²) < 4.78 is 0. The Labute approximate surface area is 108 Å². The zero-order valence-electron chi connectivity index (χ0n) is 12.1. The molecule has 0 radical (unpaired) electrons. The summed E-state index contributed by atoms with van der Waals surface area (Å²) >= 11 is 0. The Bertz CT molecular complexity index is 230. The van der Waals surface area contributed by atoms with E-state index in [1.165, 1.54) is 57.9 Å². The molecule has 0 heterocycles. The maximum atomic E-state index is 3.90. The van der Waals surface area contributed by atoms with E-state index < -0.39 is 0 Å². The molecule has 0 aliphatic heterocycles. The Balaban J connectivity index is 2.01. The highest BCUT2D eigenvalue weighted by atomic mass is 14.9. The van der Waals surface area contributed by atoms with Crippen LogP contribution in [0.4, 0.5) is 0 Å². The van der Waals surface area contributed by atoms with Gasteiger partial charge in [-0.1, -0.05) is 40.0 Å². The molecule has 0 aromatic rings. The zero-order chi connectivity index (χ0) is 12.3. The van der Waals surface area contributed by atoms with Crippen molar-refractivity contribution >= 4 is 0 Å². The van der Waals surface area contributed by atoms with Crippen molar-refractivity contribution in [2.24, 2.45) is 17.3 Å². The maximum Gasteiger partial charge on any atom is 0.0129 e. The Hall–Kier alpha value is -0.0400. The predicted molar refractivity (Wildman–Crippen MR) is 75.2 cm³/mol. The molecule has 2 fully saturated rings. The number of rotatable bonds is 5. The summed E-state index contributed by atoms with van der Waals surface area (Å²) in [5.41, 5.74) is 0.569. The first-order chi connectivity index (χ1) is 8.15. The van der Waals surface area contributed by atoms with Crippen LogP contribution < -0.4 is 5.32 Å². The summed E-state index contributed by atoms with van der Waals surface area (Å²) in [6.07, 6.45) is 11.5. The molecule has 2 aliphatic carbocycles. The van der Waals surface area contributed by atoms with E-state index in [0.717, 1.165) is 17.9 Å². The van der Waals surface area contributed by atoms with E-state index >= 15 is 0 Å². The molecule has 0 aromatic carbocycles. The lowest BCUT2D eigenvalue weighted by Crippen LogP contribution is -2.50. The molecule has 0 saturated heterocycles. The van der Waals surface area contributed by atoms with Gasteiger partial charge in [-0.15, -0.1) is 0 Å². The summed E-state index contributed by atoms with van der Waals surface area (Å²) in [6.45, 7) is 8.52. The third-order valence-corrected chi connectivity index (χ3v) is 5.31. The molecule has 17 heavy (non-hydrogen) atoms. The van der Waals surface area contributed by atoms with Gasteiger partial charge >= 0.3 is 0 Å². The molecule has 2 saturated carbocycles. The van der Waals surface area contributed by atoms with Gasteiger partial charge in [0.15, 0.2) is 0 Å². The van der Waals surface area contributed by atoms with Crippen LogP contribution in [0, 0.1) is 17.3 Å². The van der Waals surface area contributed by atoms with Crippen LogP contribution in [0.1, 0.15) is 72.1 Å². The summed E-state index contributed by atoms with van der Waals surface area (Å²) in [5.74, 6) is 1.91. The lowest BCUT2D eigenvalue weighted by molar-refractivity contribution is 0.0513. The average molecular weight is 237 g/mol. The zero-order valence-corrected chi connectivity index (χ0v) is 12.1. The van der Waals surface area contributed by atoms with Gasteiger partial charge in [-0.25, -0.2) is 0 Å². The first-order valence-corrected chi connectivity index (χ1v) is 7.88. The van der Waals surface area contributed by atoms with E-state index in [0.29, 0.717) is 5.41 Å². The topological polar surface area (TPSA) is 12.0 Å². The van der Waals surface area contributed by atoms with Crippen molar-refractivity contribution in [1.29, 1.82) is 0 Å². The van der Waals surface area contributed by atoms with Crippen molar-refractivity contribution < 1.29 is 0 Å². The summed E-state index contributed by atoms with van der Waals surface area (Å²) in [4.78, 5) is 0. The monoisotopic (exact) mass is 237 g/mol. The summed E-state index contributed by atoms with van der Waals surface area (Å²) in [6, 6.07) is 0.819. The number of hydrogen-bond donors (Lipinski definition) is 1. The third kappa shape index (κ3) is 3.05. The molecular formula is C16H31N. The van der Waals surface area contributed by atoms with E-state index in [9.17, 15) is 0 Å². The first-order valence-electron chi connectivity index (χ1n) is 7.88. The molecule has 0 bridgehead atoms. The van der Waals surface area contributed by atoms with Gasteiger partial charge in [0, 0.05) is 6.04 Å². The lowest BCUT2D eigenvalue weighted by Gasteiger charge is -2.48. The van der Waals surface area contributed by atoms with Crippen molar-refractivity contribution in [2.45, 2.75) is 78.2 Å². The smallest absolute Gasteiger partial charge is 0.0129 e. The molecular weight excluding hydrogens is 206 g/mol. The number of nitrogens with one attached hydrogen (secondary N) is 1. The normalized spacial score (nSPS) is 30.9. The van der Waals surface area contributed by atoms with E-state index in [1.54, 1.807) is 0 Å². The fraction of sp³-hybridized carbons (Fsp3) is 1.00. The number of hydrogen-bond acceptors (Lipinski definition) is 1. The van der Waals surface area contributed by atoms with Crippen LogP contribution >= 0.6 is 0 Å². The Kier molecular flexibility index (Phi) is 4.52. The SMILES string of the molecule is CCCNC(C1CCC1)C1CCCCC1(C)C. The third-order valence-electron chi connectivity index (χ3n) is 5.31. The van der Waals surface area contributed by atoms with Crippen LogP contribution in [0.2, 0.25) is 0 Å². The molecule has 2 atom stereocenters. The summed E-state index contributed by atoms with van der Waals surface area (Å²) in [5, 5.41) is 3.90. The van der Waals surface area contributed by atoms with Crippen LogP contribution in [0.25, 0.3) is 0 Å².